The van der Waals surface area contributed by atoms with Gasteiger partial charge in [-0.25, -0.2) is 0 Å². The predicted octanol–water partition coefficient (Wildman–Crippen LogP) is 2.10. The van der Waals surface area contributed by atoms with E-state index in [9.17, 15) is 9.59 Å². The Hall–Kier alpha value is -0.960. The van der Waals surface area contributed by atoms with Gasteiger partial charge in [0.05, 0.1) is 0 Å². The van der Waals surface area contributed by atoms with E-state index in [1.54, 1.807) is 24.3 Å². The number of hydrogen-bond acceptors (Lipinski definition) is 2. The topological polar surface area (TPSA) is 34.1 Å². The maximum atomic E-state index is 11.1. The molecule has 12 heavy (non-hydrogen) atoms. The van der Waals surface area contributed by atoms with Crippen molar-refractivity contribution in [3.63, 3.8) is 0 Å². The molecular weight excluding hydrogens is 220 g/mol. The van der Waals surface area contributed by atoms with Crippen molar-refractivity contribution in [2.24, 2.45) is 0 Å². The third-order valence-electron chi connectivity index (χ3n) is 1.49. The van der Waals surface area contributed by atoms with E-state index < -0.39 is 10.5 Å². The van der Waals surface area contributed by atoms with Gasteiger partial charge in [0.15, 0.2) is 0 Å². The Balaban J connectivity index is 2.98. The van der Waals surface area contributed by atoms with Crippen molar-refractivity contribution in [3.05, 3.63) is 35.4 Å². The summed E-state index contributed by atoms with van der Waals surface area (Å²) in [6, 6.07) is 6.86. The summed E-state index contributed by atoms with van der Waals surface area (Å²) in [5.41, 5.74) is 1.48. The maximum Gasteiger partial charge on any atom is 0.268 e. The lowest BCUT2D eigenvalue weighted by Gasteiger charge is -1.95. The number of halogens is 1. The van der Waals surface area contributed by atoms with Crippen LogP contribution in [0.3, 0.4) is 0 Å². The van der Waals surface area contributed by atoms with Gasteiger partial charge in [-0.05, 0) is 6.92 Å². The molecule has 0 aromatic heterocycles. The third kappa shape index (κ3) is 2.01. The minimum absolute atomic E-state index is 0.419. The fourth-order valence-corrected chi connectivity index (χ4v) is 1.05. The number of Topliss-reactive ketones (excluding diaryl/α,β-unsaturated/α-hetero) is 1. The number of carbonyl (C=O) groups is 2. The van der Waals surface area contributed by atoms with Gasteiger partial charge in [0.2, 0.25) is 5.78 Å². The van der Waals surface area contributed by atoms with E-state index >= 15 is 0 Å². The van der Waals surface area contributed by atoms with Gasteiger partial charge in [0, 0.05) is 21.5 Å². The van der Waals surface area contributed by atoms with Crippen LogP contribution in [-0.4, -0.2) is 10.5 Å². The highest BCUT2D eigenvalue weighted by Gasteiger charge is 2.11. The van der Waals surface area contributed by atoms with Crippen LogP contribution in [0.1, 0.15) is 15.9 Å². The van der Waals surface area contributed by atoms with E-state index in [0.717, 1.165) is 5.56 Å². The highest BCUT2D eigenvalue weighted by Crippen LogP contribution is 2.06. The van der Waals surface area contributed by atoms with Crippen LogP contribution in [0.25, 0.3) is 0 Å². The molecule has 0 aliphatic rings. The lowest BCUT2D eigenvalue weighted by atomic mass is 10.1. The van der Waals surface area contributed by atoms with E-state index in [2.05, 4.69) is 15.9 Å². The Morgan fingerprint density at radius 1 is 1.17 bits per heavy atom. The zero-order chi connectivity index (χ0) is 9.14. The molecule has 1 rings (SSSR count). The zero-order valence-electron chi connectivity index (χ0n) is 6.50. The third-order valence-corrected chi connectivity index (χ3v) is 1.85. The normalized spacial score (nSPS) is 9.50. The lowest BCUT2D eigenvalue weighted by Crippen LogP contribution is -2.06. The smallest absolute Gasteiger partial charge is 0.268 e. The van der Waals surface area contributed by atoms with Crippen LogP contribution < -0.4 is 0 Å². The lowest BCUT2D eigenvalue weighted by molar-refractivity contribution is -0.106. The van der Waals surface area contributed by atoms with E-state index in [1.165, 1.54) is 0 Å². The Kier molecular flexibility index (Phi) is 2.76. The van der Waals surface area contributed by atoms with Gasteiger partial charge in [-0.2, -0.15) is 0 Å². The van der Waals surface area contributed by atoms with Crippen LogP contribution in [0.2, 0.25) is 0 Å². The number of aryl methyl sites for hydroxylation is 1. The quantitative estimate of drug-likeness (QED) is 0.440. The van der Waals surface area contributed by atoms with Crippen molar-refractivity contribution in [3.8, 4) is 0 Å². The first-order chi connectivity index (χ1) is 5.61. The zero-order valence-corrected chi connectivity index (χ0v) is 8.09. The van der Waals surface area contributed by atoms with Gasteiger partial charge in [-0.3, -0.25) is 9.59 Å². The van der Waals surface area contributed by atoms with Gasteiger partial charge in [-0.1, -0.05) is 29.8 Å². The summed E-state index contributed by atoms with van der Waals surface area (Å²) in [5.74, 6) is -0.505. The fraction of sp³-hybridized carbons (Fsp3) is 0.111. The summed E-state index contributed by atoms with van der Waals surface area (Å²) >= 11 is 2.61. The molecular formula is C9H7BrO2. The molecule has 0 heterocycles. The van der Waals surface area contributed by atoms with Crippen LogP contribution in [0.4, 0.5) is 0 Å². The second-order valence-corrected chi connectivity index (χ2v) is 3.19. The molecule has 1 aromatic rings. The first-order valence-electron chi connectivity index (χ1n) is 3.42. The number of ketones is 1. The second kappa shape index (κ2) is 3.63. The number of rotatable bonds is 2. The van der Waals surface area contributed by atoms with E-state index in [0.29, 0.717) is 5.56 Å². The first kappa shape index (κ1) is 9.13. The van der Waals surface area contributed by atoms with Crippen molar-refractivity contribution in [2.75, 3.05) is 0 Å². The Labute approximate surface area is 78.7 Å². The molecule has 0 unspecified atom stereocenters. The molecule has 1 aromatic carbocycles. The summed E-state index contributed by atoms with van der Waals surface area (Å²) in [7, 11) is 0. The van der Waals surface area contributed by atoms with E-state index in [4.69, 9.17) is 0 Å². The van der Waals surface area contributed by atoms with Crippen LogP contribution in [-0.2, 0) is 4.79 Å². The summed E-state index contributed by atoms with van der Waals surface area (Å²) in [6.45, 7) is 1.92. The van der Waals surface area contributed by atoms with Gasteiger partial charge in [-0.15, -0.1) is 0 Å². The Morgan fingerprint density at radius 3 is 2.08 bits per heavy atom. The van der Waals surface area contributed by atoms with Crippen molar-refractivity contribution in [2.45, 2.75) is 6.92 Å². The summed E-state index contributed by atoms with van der Waals surface area (Å²) in [5, 5.41) is 0. The average molecular weight is 227 g/mol. The molecule has 0 spiro atoms. The highest BCUT2D eigenvalue weighted by atomic mass is 79.9. The van der Waals surface area contributed by atoms with Crippen LogP contribution >= 0.6 is 15.9 Å². The highest BCUT2D eigenvalue weighted by molar-refractivity contribution is 9.19. The molecule has 0 bridgehead atoms. The van der Waals surface area contributed by atoms with Gasteiger partial charge < -0.3 is 0 Å². The summed E-state index contributed by atoms with van der Waals surface area (Å²) < 4.78 is -0.605. The van der Waals surface area contributed by atoms with Crippen LogP contribution in [0.15, 0.2) is 24.3 Å². The minimum Gasteiger partial charge on any atom is -0.284 e. The molecule has 0 aliphatic heterocycles. The molecule has 0 fully saturated rings. The molecule has 62 valence electrons. The largest absolute Gasteiger partial charge is 0.284 e. The minimum atomic E-state index is -0.605. The molecule has 0 atom stereocenters. The van der Waals surface area contributed by atoms with Crippen molar-refractivity contribution in [1.29, 1.82) is 0 Å². The van der Waals surface area contributed by atoms with Crippen LogP contribution in [0, 0.1) is 6.92 Å². The van der Waals surface area contributed by atoms with Crippen molar-refractivity contribution < 1.29 is 9.59 Å². The van der Waals surface area contributed by atoms with Gasteiger partial charge in [0.25, 0.3) is 4.69 Å². The number of hydrogen-bond donors (Lipinski definition) is 0. The van der Waals surface area contributed by atoms with Gasteiger partial charge in [0.1, 0.15) is 0 Å². The average Bonchev–Trinajstić information content (AvgIpc) is 2.04. The van der Waals surface area contributed by atoms with Crippen molar-refractivity contribution >= 4 is 26.4 Å². The molecule has 0 N–H and O–H groups in total. The monoisotopic (exact) mass is 226 g/mol. The summed E-state index contributed by atoms with van der Waals surface area (Å²) in [4.78, 5) is 21.7. The molecule has 0 saturated heterocycles. The molecule has 0 amide bonds. The Bertz CT molecular complexity index is 314. The number of carbonyl (C=O) groups excluding carboxylic acids is 2. The SMILES string of the molecule is Cc1ccc(C(=O)C(=O)Br)cc1. The second-order valence-electron chi connectivity index (χ2n) is 2.47. The standard InChI is InChI=1S/C9H7BrO2/c1-6-2-4-7(5-3-6)8(11)9(10)12/h2-5H,1H3. The Morgan fingerprint density at radius 2 is 1.67 bits per heavy atom. The van der Waals surface area contributed by atoms with E-state index in [1.807, 2.05) is 6.92 Å². The predicted molar refractivity (Wildman–Crippen MR) is 49.4 cm³/mol. The molecule has 0 aliphatic carbocycles. The fourth-order valence-electron chi connectivity index (χ4n) is 0.818. The molecule has 2 nitrogen and oxygen atoms in total. The molecule has 0 radical (unpaired) electrons. The summed E-state index contributed by atoms with van der Waals surface area (Å²) in [6.07, 6.45) is 0. The molecule has 0 saturated carbocycles. The van der Waals surface area contributed by atoms with Gasteiger partial charge >= 0.3 is 0 Å². The maximum absolute atomic E-state index is 11.1. The number of benzene rings is 1. The van der Waals surface area contributed by atoms with E-state index in [-0.39, 0.29) is 0 Å². The molecule has 3 heteroatoms. The van der Waals surface area contributed by atoms with Crippen molar-refractivity contribution in [1.82, 2.24) is 0 Å². The van der Waals surface area contributed by atoms with Crippen LogP contribution in [0.5, 0.6) is 0 Å². The first-order valence-corrected chi connectivity index (χ1v) is 4.21.